The molecule has 0 bridgehead atoms. The Balaban J connectivity index is 0.00000300. The molecule has 1 aliphatic rings. The number of fused-ring (bicyclic) bond motifs is 1. The van der Waals surface area contributed by atoms with E-state index in [9.17, 15) is 33.1 Å². The first kappa shape index (κ1) is 24.2. The molecule has 2 aromatic rings. The van der Waals surface area contributed by atoms with Gasteiger partial charge in [0.1, 0.15) is 35.7 Å². The van der Waals surface area contributed by atoms with Crippen molar-refractivity contribution >= 4 is 21.3 Å². The fourth-order valence-corrected chi connectivity index (χ4v) is 3.57. The third-order valence-electron chi connectivity index (χ3n) is 4.34. The molecule has 2 heterocycles. The number of ether oxygens (including phenoxy) is 2. The minimum Gasteiger partial charge on any atom is -0.735 e. The monoisotopic (exact) mass is 439 g/mol. The van der Waals surface area contributed by atoms with Gasteiger partial charge in [-0.2, -0.15) is 0 Å². The Morgan fingerprint density at radius 1 is 1.24 bits per heavy atom. The largest absolute Gasteiger partial charge is 1.00 e. The molecule has 0 amide bonds. The predicted molar refractivity (Wildman–Crippen MR) is 92.2 cm³/mol. The van der Waals surface area contributed by atoms with Gasteiger partial charge in [-0.05, 0) is 24.6 Å². The van der Waals surface area contributed by atoms with Crippen molar-refractivity contribution in [1.82, 2.24) is 4.72 Å². The van der Waals surface area contributed by atoms with Crippen LogP contribution in [0.1, 0.15) is 5.56 Å². The van der Waals surface area contributed by atoms with Crippen LogP contribution in [-0.2, 0) is 15.0 Å². The Kier molecular flexibility index (Phi) is 7.84. The number of aliphatic hydroxyl groups is 3. The first-order valence-electron chi connectivity index (χ1n) is 8.16. The average molecular weight is 439 g/mol. The number of hydrogen-bond donors (Lipinski definition) is 4. The van der Waals surface area contributed by atoms with Crippen molar-refractivity contribution in [3.63, 3.8) is 0 Å². The van der Waals surface area contributed by atoms with Crippen molar-refractivity contribution in [3.05, 3.63) is 40.2 Å². The zero-order chi connectivity index (χ0) is 20.6. The summed E-state index contributed by atoms with van der Waals surface area (Å²) >= 11 is 0. The van der Waals surface area contributed by atoms with Gasteiger partial charge in [-0.3, -0.25) is 0 Å². The smallest absolute Gasteiger partial charge is 0.735 e. The summed E-state index contributed by atoms with van der Waals surface area (Å²) < 4.78 is 50.8. The van der Waals surface area contributed by atoms with E-state index in [2.05, 4.69) is 0 Å². The molecule has 1 saturated heterocycles. The first-order valence-corrected chi connectivity index (χ1v) is 9.56. The first-order chi connectivity index (χ1) is 13.1. The molecule has 1 fully saturated rings. The summed E-state index contributed by atoms with van der Waals surface area (Å²) in [5, 5.41) is 30.0. The quantitative estimate of drug-likeness (QED) is 0.201. The molecule has 1 aromatic carbocycles. The molecule has 13 heteroatoms. The molecular formula is C16H18NNaO10S. The number of nitrogens with one attached hydrogen (secondary N) is 1. The number of hydrogen-bond acceptors (Lipinski definition) is 10. The molecule has 1 unspecified atom stereocenters. The molecular weight excluding hydrogens is 421 g/mol. The standard InChI is InChI=1S/C16H19NO10S.Na/c1-7-4-12(19)26-10-5-8(2-3-9(7)10)25-16-13(17-28(22,23)24)15(21)14(20)11(6-18)27-16;/h2-5,11,13-18,20-21H,6H2,1H3,(H,22,23,24);/q;+1/p-1/t11?,13-,14-,15+,16-;/m0./s1. The summed E-state index contributed by atoms with van der Waals surface area (Å²) in [6.07, 6.45) is -6.30. The SMILES string of the molecule is Cc1cc(=O)oc2cc(O[C@H]3OC(CO)[C@H](O)[C@H](O)[C@@H]3NS(=O)(=O)[O-])ccc12.[Na+]. The summed E-state index contributed by atoms with van der Waals surface area (Å²) in [7, 11) is -5.03. The fraction of sp³-hybridized carbons (Fsp3) is 0.438. The maximum Gasteiger partial charge on any atom is 1.00 e. The molecule has 0 aliphatic carbocycles. The average Bonchev–Trinajstić information content (AvgIpc) is 2.59. The Morgan fingerprint density at radius 3 is 2.55 bits per heavy atom. The topological polar surface area (TPSA) is 179 Å². The molecule has 0 saturated carbocycles. The van der Waals surface area contributed by atoms with E-state index < -0.39 is 53.2 Å². The minimum absolute atomic E-state index is 0. The zero-order valence-corrected chi connectivity index (χ0v) is 18.3. The second-order valence-electron chi connectivity index (χ2n) is 6.33. The third kappa shape index (κ3) is 5.55. The molecule has 0 radical (unpaired) electrons. The summed E-state index contributed by atoms with van der Waals surface area (Å²) in [5.41, 5.74) is 0.285. The number of benzene rings is 1. The van der Waals surface area contributed by atoms with Crippen molar-refractivity contribution in [3.8, 4) is 5.75 Å². The van der Waals surface area contributed by atoms with E-state index in [1.807, 2.05) is 0 Å². The van der Waals surface area contributed by atoms with Crippen LogP contribution in [0.4, 0.5) is 0 Å². The molecule has 154 valence electrons. The van der Waals surface area contributed by atoms with Crippen molar-refractivity contribution < 1.29 is 71.7 Å². The fourth-order valence-electron chi connectivity index (χ4n) is 2.99. The molecule has 29 heavy (non-hydrogen) atoms. The molecule has 5 atom stereocenters. The summed E-state index contributed by atoms with van der Waals surface area (Å²) in [4.78, 5) is 11.5. The van der Waals surface area contributed by atoms with E-state index in [0.29, 0.717) is 10.9 Å². The van der Waals surface area contributed by atoms with Crippen LogP contribution >= 0.6 is 0 Å². The molecule has 11 nitrogen and oxygen atoms in total. The van der Waals surface area contributed by atoms with E-state index in [4.69, 9.17) is 13.9 Å². The van der Waals surface area contributed by atoms with Crippen molar-refractivity contribution in [2.75, 3.05) is 6.61 Å². The van der Waals surface area contributed by atoms with E-state index in [-0.39, 0.29) is 40.9 Å². The maximum atomic E-state index is 11.5. The van der Waals surface area contributed by atoms with Crippen LogP contribution in [0, 0.1) is 6.92 Å². The summed E-state index contributed by atoms with van der Waals surface area (Å²) in [6, 6.07) is 4.08. The molecule has 4 N–H and O–H groups in total. The number of aliphatic hydroxyl groups excluding tert-OH is 3. The molecule has 1 aliphatic heterocycles. The van der Waals surface area contributed by atoms with Crippen molar-refractivity contribution in [2.45, 2.75) is 37.6 Å². The van der Waals surface area contributed by atoms with Gasteiger partial charge in [0, 0.05) is 17.5 Å². The van der Waals surface area contributed by atoms with Gasteiger partial charge in [-0.25, -0.2) is 17.9 Å². The summed E-state index contributed by atoms with van der Waals surface area (Å²) in [5.74, 6) is 0.0710. The molecule has 1 aromatic heterocycles. The van der Waals surface area contributed by atoms with Gasteiger partial charge in [0.25, 0.3) is 0 Å². The van der Waals surface area contributed by atoms with Crippen molar-refractivity contribution in [2.24, 2.45) is 0 Å². The van der Waals surface area contributed by atoms with Crippen LogP contribution in [-0.4, -0.2) is 65.5 Å². The van der Waals surface area contributed by atoms with E-state index in [1.165, 1.54) is 18.2 Å². The molecule has 3 rings (SSSR count). The van der Waals surface area contributed by atoms with E-state index in [0.717, 1.165) is 0 Å². The summed E-state index contributed by atoms with van der Waals surface area (Å²) in [6.45, 7) is 1.02. The predicted octanol–water partition coefficient (Wildman–Crippen LogP) is -4.66. The van der Waals surface area contributed by atoms with Crippen molar-refractivity contribution in [1.29, 1.82) is 0 Å². The van der Waals surface area contributed by atoms with Gasteiger partial charge in [-0.1, -0.05) is 0 Å². The van der Waals surface area contributed by atoms with Crippen LogP contribution < -0.4 is 44.6 Å². The van der Waals surface area contributed by atoms with Crippen LogP contribution in [0.5, 0.6) is 5.75 Å². The van der Waals surface area contributed by atoms with Crippen LogP contribution in [0.25, 0.3) is 11.0 Å². The zero-order valence-electron chi connectivity index (χ0n) is 15.5. The Bertz CT molecular complexity index is 1030. The Morgan fingerprint density at radius 2 is 1.93 bits per heavy atom. The second kappa shape index (κ2) is 9.39. The Labute approximate surface area is 187 Å². The van der Waals surface area contributed by atoms with E-state index in [1.54, 1.807) is 17.7 Å². The van der Waals surface area contributed by atoms with Gasteiger partial charge in [0.05, 0.1) is 6.61 Å². The molecule has 0 spiro atoms. The number of aryl methyl sites for hydroxylation is 1. The third-order valence-corrected chi connectivity index (χ3v) is 4.90. The van der Waals surface area contributed by atoms with Crippen LogP contribution in [0.2, 0.25) is 0 Å². The van der Waals surface area contributed by atoms with Gasteiger partial charge < -0.3 is 33.8 Å². The van der Waals surface area contributed by atoms with Gasteiger partial charge in [0.15, 0.2) is 10.3 Å². The Hall–Kier alpha value is -1.06. The number of rotatable bonds is 5. The van der Waals surface area contributed by atoms with Gasteiger partial charge in [-0.15, -0.1) is 0 Å². The van der Waals surface area contributed by atoms with Crippen LogP contribution in [0.3, 0.4) is 0 Å². The normalized spacial score (nSPS) is 27.4. The minimum atomic E-state index is -5.03. The van der Waals surface area contributed by atoms with Crippen LogP contribution in [0.15, 0.2) is 33.5 Å². The van der Waals surface area contributed by atoms with Gasteiger partial charge in [0.2, 0.25) is 6.29 Å². The maximum absolute atomic E-state index is 11.5. The van der Waals surface area contributed by atoms with Gasteiger partial charge >= 0.3 is 35.2 Å². The van der Waals surface area contributed by atoms with E-state index >= 15 is 0 Å². The second-order valence-corrected chi connectivity index (χ2v) is 7.47.